The van der Waals surface area contributed by atoms with Gasteiger partial charge in [-0.05, 0) is 48.5 Å². The van der Waals surface area contributed by atoms with Gasteiger partial charge in [0.1, 0.15) is 0 Å². The number of hydrogen-bond donors (Lipinski definition) is 2. The van der Waals surface area contributed by atoms with Crippen molar-refractivity contribution in [2.24, 2.45) is 0 Å². The monoisotopic (exact) mass is 373 g/mol. The molecule has 7 heteroatoms. The molecule has 5 nitrogen and oxygen atoms in total. The quantitative estimate of drug-likeness (QED) is 0.489. The minimum atomic E-state index is -0.653. The van der Waals surface area contributed by atoms with E-state index in [9.17, 15) is 10.0 Å². The van der Waals surface area contributed by atoms with Crippen LogP contribution in [0.1, 0.15) is 10.4 Å². The van der Waals surface area contributed by atoms with Crippen LogP contribution in [-0.2, 0) is 0 Å². The fourth-order valence-electron chi connectivity index (χ4n) is 2.21. The zero-order chi connectivity index (χ0) is 17.8. The number of carbonyl (C=O) groups excluding carboxylic acids is 1. The lowest BCUT2D eigenvalue weighted by Gasteiger charge is -2.17. The first-order valence-electron chi connectivity index (χ1n) is 7.30. The van der Waals surface area contributed by atoms with Crippen molar-refractivity contribution in [2.45, 2.75) is 0 Å². The maximum Gasteiger partial charge on any atom is 0.283 e. The van der Waals surface area contributed by atoms with E-state index in [1.54, 1.807) is 36.7 Å². The van der Waals surface area contributed by atoms with E-state index >= 15 is 0 Å². The number of pyridine rings is 1. The number of rotatable bonds is 4. The van der Waals surface area contributed by atoms with E-state index < -0.39 is 5.91 Å². The van der Waals surface area contributed by atoms with E-state index in [4.69, 9.17) is 23.2 Å². The normalized spacial score (nSPS) is 10.4. The summed E-state index contributed by atoms with van der Waals surface area (Å²) in [5.74, 6) is -0.653. The van der Waals surface area contributed by atoms with Crippen LogP contribution in [0.15, 0.2) is 67.0 Å². The van der Waals surface area contributed by atoms with Crippen molar-refractivity contribution in [1.82, 2.24) is 4.98 Å². The molecule has 3 aromatic rings. The molecule has 0 atom stereocenters. The van der Waals surface area contributed by atoms with Gasteiger partial charge in [0.2, 0.25) is 0 Å². The second-order valence-corrected chi connectivity index (χ2v) is 6.00. The average molecular weight is 374 g/mol. The summed E-state index contributed by atoms with van der Waals surface area (Å²) in [7, 11) is 0. The number of nitrogens with zero attached hydrogens (tertiary/aromatic N) is 2. The van der Waals surface area contributed by atoms with Gasteiger partial charge in [-0.2, -0.15) is 5.06 Å². The van der Waals surface area contributed by atoms with Crippen LogP contribution in [0, 0.1) is 0 Å². The molecule has 0 saturated heterocycles. The molecule has 0 aliphatic heterocycles. The molecule has 0 aliphatic carbocycles. The highest BCUT2D eigenvalue weighted by Gasteiger charge is 2.19. The van der Waals surface area contributed by atoms with Gasteiger partial charge in [-0.3, -0.25) is 15.0 Å². The Labute approximate surface area is 154 Å². The predicted octanol–water partition coefficient (Wildman–Crippen LogP) is 5.17. The summed E-state index contributed by atoms with van der Waals surface area (Å²) in [6.45, 7) is 0. The van der Waals surface area contributed by atoms with Crippen molar-refractivity contribution in [3.63, 3.8) is 0 Å². The van der Waals surface area contributed by atoms with E-state index in [0.29, 0.717) is 21.5 Å². The summed E-state index contributed by atoms with van der Waals surface area (Å²) in [6, 6.07) is 14.9. The van der Waals surface area contributed by atoms with Gasteiger partial charge in [0.25, 0.3) is 5.91 Å². The number of hydroxylamine groups is 1. The number of carbonyl (C=O) groups is 1. The van der Waals surface area contributed by atoms with Gasteiger partial charge in [0, 0.05) is 16.9 Å². The highest BCUT2D eigenvalue weighted by Crippen LogP contribution is 2.26. The molecular formula is C18H13Cl2N3O2. The molecule has 0 aliphatic rings. The third-order valence-electron chi connectivity index (χ3n) is 3.39. The van der Waals surface area contributed by atoms with Crippen molar-refractivity contribution in [2.75, 3.05) is 10.4 Å². The Morgan fingerprint density at radius 2 is 1.84 bits per heavy atom. The molecule has 0 bridgehead atoms. The molecule has 0 unspecified atom stereocenters. The highest BCUT2D eigenvalue weighted by atomic mass is 35.5. The fraction of sp³-hybridized carbons (Fsp3) is 0. The maximum atomic E-state index is 12.5. The highest BCUT2D eigenvalue weighted by molar-refractivity contribution is 6.37. The maximum absolute atomic E-state index is 12.5. The zero-order valence-corrected chi connectivity index (χ0v) is 14.4. The lowest BCUT2D eigenvalue weighted by molar-refractivity contribution is 0.0855. The minimum absolute atomic E-state index is 0.152. The fourth-order valence-corrected chi connectivity index (χ4v) is 2.70. The molecule has 2 aromatic carbocycles. The minimum Gasteiger partial charge on any atom is -0.354 e. The Hall–Kier alpha value is -2.60. The van der Waals surface area contributed by atoms with Gasteiger partial charge in [0.15, 0.2) is 0 Å². The van der Waals surface area contributed by atoms with Gasteiger partial charge >= 0.3 is 0 Å². The van der Waals surface area contributed by atoms with Crippen LogP contribution >= 0.6 is 23.2 Å². The van der Waals surface area contributed by atoms with E-state index in [1.165, 1.54) is 18.2 Å². The smallest absolute Gasteiger partial charge is 0.283 e. The van der Waals surface area contributed by atoms with E-state index in [2.05, 4.69) is 10.3 Å². The van der Waals surface area contributed by atoms with E-state index in [-0.39, 0.29) is 10.6 Å². The first-order valence-corrected chi connectivity index (χ1v) is 8.06. The molecule has 0 fully saturated rings. The first-order chi connectivity index (χ1) is 12.0. The molecule has 0 radical (unpaired) electrons. The first kappa shape index (κ1) is 17.2. The van der Waals surface area contributed by atoms with Gasteiger partial charge < -0.3 is 5.32 Å². The molecule has 25 heavy (non-hydrogen) atoms. The Kier molecular flexibility index (Phi) is 5.19. The van der Waals surface area contributed by atoms with Gasteiger partial charge in [-0.1, -0.05) is 29.3 Å². The number of halogens is 2. The van der Waals surface area contributed by atoms with E-state index in [1.807, 2.05) is 12.1 Å². The third-order valence-corrected chi connectivity index (χ3v) is 3.94. The van der Waals surface area contributed by atoms with Crippen molar-refractivity contribution in [3.8, 4) is 0 Å². The molecule has 0 spiro atoms. The van der Waals surface area contributed by atoms with Crippen LogP contribution < -0.4 is 10.4 Å². The SMILES string of the molecule is O=C(c1ccc(Cl)cc1Cl)N(O)c1cccc(Nc2cccnc2)c1. The van der Waals surface area contributed by atoms with Gasteiger partial charge in [-0.25, -0.2) is 0 Å². The summed E-state index contributed by atoms with van der Waals surface area (Å²) < 4.78 is 0. The van der Waals surface area contributed by atoms with Crippen LogP contribution in [0.3, 0.4) is 0 Å². The van der Waals surface area contributed by atoms with Crippen LogP contribution in [0.4, 0.5) is 17.1 Å². The lowest BCUT2D eigenvalue weighted by Crippen LogP contribution is -2.27. The van der Waals surface area contributed by atoms with Crippen LogP contribution in [0.25, 0.3) is 0 Å². The molecule has 1 aromatic heterocycles. The Morgan fingerprint density at radius 3 is 2.56 bits per heavy atom. The molecule has 0 saturated carbocycles. The van der Waals surface area contributed by atoms with Crippen molar-refractivity contribution in [3.05, 3.63) is 82.6 Å². The number of benzene rings is 2. The Bertz CT molecular complexity index is 904. The second kappa shape index (κ2) is 7.53. The number of aromatic nitrogens is 1. The standard InChI is InChI=1S/C18H13Cl2N3O2/c19-12-6-7-16(17(20)9-12)18(24)23(25)15-5-1-3-13(10-15)22-14-4-2-8-21-11-14/h1-11,22,25H. The van der Waals surface area contributed by atoms with Gasteiger partial charge in [-0.15, -0.1) is 0 Å². The summed E-state index contributed by atoms with van der Waals surface area (Å²) in [6.07, 6.45) is 3.34. The molecule has 1 amide bonds. The van der Waals surface area contributed by atoms with Crippen molar-refractivity contribution < 1.29 is 10.0 Å². The third kappa shape index (κ3) is 4.09. The summed E-state index contributed by atoms with van der Waals surface area (Å²) in [4.78, 5) is 16.5. The predicted molar refractivity (Wildman–Crippen MR) is 99.0 cm³/mol. The Balaban J connectivity index is 1.83. The molecule has 126 valence electrons. The summed E-state index contributed by atoms with van der Waals surface area (Å²) in [5.41, 5.74) is 1.93. The van der Waals surface area contributed by atoms with Crippen LogP contribution in [-0.4, -0.2) is 16.1 Å². The van der Waals surface area contributed by atoms with Crippen LogP contribution in [0.5, 0.6) is 0 Å². The zero-order valence-electron chi connectivity index (χ0n) is 12.9. The van der Waals surface area contributed by atoms with Crippen molar-refractivity contribution >= 4 is 46.2 Å². The summed E-state index contributed by atoms with van der Waals surface area (Å²) >= 11 is 11.9. The van der Waals surface area contributed by atoms with Crippen molar-refractivity contribution in [1.29, 1.82) is 0 Å². The number of amides is 1. The average Bonchev–Trinajstić information content (AvgIpc) is 2.62. The largest absolute Gasteiger partial charge is 0.354 e. The van der Waals surface area contributed by atoms with E-state index in [0.717, 1.165) is 5.69 Å². The van der Waals surface area contributed by atoms with Crippen LogP contribution in [0.2, 0.25) is 10.0 Å². The van der Waals surface area contributed by atoms with Gasteiger partial charge in [0.05, 0.1) is 28.2 Å². The Morgan fingerprint density at radius 1 is 1.04 bits per heavy atom. The molecule has 2 N–H and O–H groups in total. The molecular weight excluding hydrogens is 361 g/mol. The molecule has 3 rings (SSSR count). The number of nitrogens with one attached hydrogen (secondary N) is 1. The number of hydrogen-bond acceptors (Lipinski definition) is 4. The lowest BCUT2D eigenvalue weighted by atomic mass is 10.2. The molecule has 1 heterocycles. The summed E-state index contributed by atoms with van der Waals surface area (Å²) in [5, 5.41) is 14.5. The second-order valence-electron chi connectivity index (χ2n) is 5.16. The topological polar surface area (TPSA) is 65.5 Å². The number of anilines is 3.